The van der Waals surface area contributed by atoms with E-state index in [1.165, 1.54) is 12.7 Å². The molecule has 0 bridgehead atoms. The van der Waals surface area contributed by atoms with Crippen LogP contribution in [0.2, 0.25) is 0 Å². The van der Waals surface area contributed by atoms with Crippen LogP contribution in [-0.4, -0.2) is 25.7 Å². The molecule has 3 heteroatoms. The lowest BCUT2D eigenvalue weighted by Crippen LogP contribution is -2.36. The highest BCUT2D eigenvalue weighted by atomic mass is 16.5. The molecule has 3 atom stereocenters. The number of fused-ring (bicyclic) bond motifs is 1. The average molecular weight is 181 g/mol. The third-order valence-electron chi connectivity index (χ3n) is 3.25. The van der Waals surface area contributed by atoms with Gasteiger partial charge in [-0.25, -0.2) is 0 Å². The second kappa shape index (κ2) is 3.14. The molecule has 3 unspecified atom stereocenters. The summed E-state index contributed by atoms with van der Waals surface area (Å²) in [5.74, 6) is 0.882. The summed E-state index contributed by atoms with van der Waals surface area (Å²) in [7, 11) is 1.45. The molecule has 1 aliphatic carbocycles. The number of nitrogens with one attached hydrogen (secondary N) is 1. The van der Waals surface area contributed by atoms with Crippen molar-refractivity contribution in [3.8, 4) is 0 Å². The zero-order valence-corrected chi connectivity index (χ0v) is 8.04. The van der Waals surface area contributed by atoms with E-state index in [1.54, 1.807) is 0 Å². The van der Waals surface area contributed by atoms with Crippen LogP contribution in [-0.2, 0) is 9.53 Å². The summed E-state index contributed by atoms with van der Waals surface area (Å²) in [5.41, 5.74) is 1.42. The molecule has 13 heavy (non-hydrogen) atoms. The van der Waals surface area contributed by atoms with Crippen LogP contribution in [0, 0.1) is 11.8 Å². The van der Waals surface area contributed by atoms with E-state index in [2.05, 4.69) is 18.3 Å². The van der Waals surface area contributed by atoms with Crippen molar-refractivity contribution in [3.63, 3.8) is 0 Å². The molecule has 1 fully saturated rings. The predicted octanol–water partition coefficient (Wildman–Crippen LogP) is 0.714. The third kappa shape index (κ3) is 1.27. The first-order valence-electron chi connectivity index (χ1n) is 4.72. The molecule has 0 aromatic carbocycles. The van der Waals surface area contributed by atoms with Gasteiger partial charge in [-0.05, 0) is 25.2 Å². The fourth-order valence-corrected chi connectivity index (χ4v) is 2.45. The molecule has 3 nitrogen and oxygen atoms in total. The SMILES string of the molecule is COC(=O)C1NCC2C(C)=CCC21. The van der Waals surface area contributed by atoms with Crippen molar-refractivity contribution in [2.75, 3.05) is 13.7 Å². The molecule has 0 radical (unpaired) electrons. The van der Waals surface area contributed by atoms with Crippen LogP contribution in [0.5, 0.6) is 0 Å². The number of allylic oxidation sites excluding steroid dienone is 1. The highest BCUT2D eigenvalue weighted by Gasteiger charge is 2.42. The normalized spacial score (nSPS) is 37.1. The van der Waals surface area contributed by atoms with Crippen LogP contribution in [0.4, 0.5) is 0 Å². The van der Waals surface area contributed by atoms with Crippen LogP contribution in [0.15, 0.2) is 11.6 Å². The highest BCUT2D eigenvalue weighted by Crippen LogP contribution is 2.37. The number of hydrogen-bond donors (Lipinski definition) is 1. The van der Waals surface area contributed by atoms with Crippen molar-refractivity contribution in [2.24, 2.45) is 11.8 Å². The standard InChI is InChI=1S/C10H15NO2/c1-6-3-4-7-8(6)5-11-9(7)10(12)13-2/h3,7-9,11H,4-5H2,1-2H3. The number of hydrogen-bond acceptors (Lipinski definition) is 3. The Hall–Kier alpha value is -0.830. The lowest BCUT2D eigenvalue weighted by Gasteiger charge is -2.15. The van der Waals surface area contributed by atoms with Gasteiger partial charge in [0.25, 0.3) is 0 Å². The van der Waals surface area contributed by atoms with Gasteiger partial charge in [-0.15, -0.1) is 0 Å². The van der Waals surface area contributed by atoms with Crippen molar-refractivity contribution in [3.05, 3.63) is 11.6 Å². The lowest BCUT2D eigenvalue weighted by molar-refractivity contribution is -0.143. The maximum atomic E-state index is 11.4. The fourth-order valence-electron chi connectivity index (χ4n) is 2.45. The number of rotatable bonds is 1. The maximum Gasteiger partial charge on any atom is 0.323 e. The first kappa shape index (κ1) is 8.75. The Kier molecular flexibility index (Phi) is 2.12. The summed E-state index contributed by atoms with van der Waals surface area (Å²) in [6, 6.07) is -0.0799. The molecule has 1 aliphatic heterocycles. The Balaban J connectivity index is 2.09. The Bertz CT molecular complexity index is 260. The van der Waals surface area contributed by atoms with Gasteiger partial charge in [-0.2, -0.15) is 0 Å². The monoisotopic (exact) mass is 181 g/mol. The number of carbonyl (C=O) groups excluding carboxylic acids is 1. The first-order valence-corrected chi connectivity index (χ1v) is 4.72. The van der Waals surface area contributed by atoms with Gasteiger partial charge in [0, 0.05) is 6.54 Å². The number of methoxy groups -OCH3 is 1. The topological polar surface area (TPSA) is 38.3 Å². The summed E-state index contributed by atoms with van der Waals surface area (Å²) in [6.45, 7) is 3.07. The molecular formula is C10H15NO2. The smallest absolute Gasteiger partial charge is 0.323 e. The van der Waals surface area contributed by atoms with E-state index in [-0.39, 0.29) is 12.0 Å². The zero-order chi connectivity index (χ0) is 9.42. The van der Waals surface area contributed by atoms with Gasteiger partial charge >= 0.3 is 5.97 Å². The zero-order valence-electron chi connectivity index (χ0n) is 8.04. The summed E-state index contributed by atoms with van der Waals surface area (Å²) in [5, 5.41) is 3.22. The van der Waals surface area contributed by atoms with Gasteiger partial charge < -0.3 is 10.1 Å². The second-order valence-corrected chi connectivity index (χ2v) is 3.86. The highest BCUT2D eigenvalue weighted by molar-refractivity contribution is 5.77. The molecule has 1 saturated heterocycles. The molecular weight excluding hydrogens is 166 g/mol. The molecule has 2 aliphatic rings. The maximum absolute atomic E-state index is 11.4. The number of carbonyl (C=O) groups is 1. The van der Waals surface area contributed by atoms with Crippen LogP contribution in [0.3, 0.4) is 0 Å². The van der Waals surface area contributed by atoms with Gasteiger partial charge in [0.2, 0.25) is 0 Å². The Labute approximate surface area is 78.1 Å². The van der Waals surface area contributed by atoms with E-state index in [4.69, 9.17) is 4.74 Å². The molecule has 0 amide bonds. The van der Waals surface area contributed by atoms with Crippen molar-refractivity contribution in [1.29, 1.82) is 0 Å². The molecule has 72 valence electrons. The lowest BCUT2D eigenvalue weighted by atomic mass is 9.90. The van der Waals surface area contributed by atoms with E-state index in [1.807, 2.05) is 0 Å². The Morgan fingerprint density at radius 3 is 3.15 bits per heavy atom. The molecule has 0 aromatic heterocycles. The van der Waals surface area contributed by atoms with Crippen molar-refractivity contribution >= 4 is 5.97 Å². The van der Waals surface area contributed by atoms with Crippen molar-refractivity contribution in [1.82, 2.24) is 5.32 Å². The van der Waals surface area contributed by atoms with E-state index in [9.17, 15) is 4.79 Å². The van der Waals surface area contributed by atoms with Crippen LogP contribution >= 0.6 is 0 Å². The minimum absolute atomic E-state index is 0.0799. The van der Waals surface area contributed by atoms with Gasteiger partial charge in [0.15, 0.2) is 0 Å². The van der Waals surface area contributed by atoms with Gasteiger partial charge in [0.1, 0.15) is 6.04 Å². The summed E-state index contributed by atoms with van der Waals surface area (Å²) >= 11 is 0. The van der Waals surface area contributed by atoms with E-state index >= 15 is 0 Å². The Morgan fingerprint density at radius 2 is 2.46 bits per heavy atom. The molecule has 0 saturated carbocycles. The van der Waals surface area contributed by atoms with Crippen molar-refractivity contribution in [2.45, 2.75) is 19.4 Å². The molecule has 0 spiro atoms. The van der Waals surface area contributed by atoms with Gasteiger partial charge in [0.05, 0.1) is 7.11 Å². The van der Waals surface area contributed by atoms with Gasteiger partial charge in [-0.1, -0.05) is 11.6 Å². The van der Waals surface area contributed by atoms with E-state index in [0.717, 1.165) is 13.0 Å². The minimum atomic E-state index is -0.115. The van der Waals surface area contributed by atoms with Crippen LogP contribution < -0.4 is 5.32 Å². The summed E-state index contributed by atoms with van der Waals surface area (Å²) in [4.78, 5) is 11.4. The number of esters is 1. The van der Waals surface area contributed by atoms with E-state index < -0.39 is 0 Å². The molecule has 2 rings (SSSR count). The quantitative estimate of drug-likeness (QED) is 0.478. The Morgan fingerprint density at radius 1 is 1.69 bits per heavy atom. The van der Waals surface area contributed by atoms with Crippen LogP contribution in [0.25, 0.3) is 0 Å². The largest absolute Gasteiger partial charge is 0.468 e. The van der Waals surface area contributed by atoms with Crippen LogP contribution in [0.1, 0.15) is 13.3 Å². The minimum Gasteiger partial charge on any atom is -0.468 e. The van der Waals surface area contributed by atoms with Gasteiger partial charge in [-0.3, -0.25) is 4.79 Å². The molecule has 0 aromatic rings. The third-order valence-corrected chi connectivity index (χ3v) is 3.25. The predicted molar refractivity (Wildman–Crippen MR) is 49.2 cm³/mol. The number of ether oxygens (including phenoxy) is 1. The van der Waals surface area contributed by atoms with Crippen molar-refractivity contribution < 1.29 is 9.53 Å². The fraction of sp³-hybridized carbons (Fsp3) is 0.700. The second-order valence-electron chi connectivity index (χ2n) is 3.86. The summed E-state index contributed by atoms with van der Waals surface area (Å²) in [6.07, 6.45) is 3.26. The average Bonchev–Trinajstić information content (AvgIpc) is 2.68. The molecule has 1 heterocycles. The first-order chi connectivity index (χ1) is 6.24. The van der Waals surface area contributed by atoms with E-state index in [0.29, 0.717) is 11.8 Å². The molecule has 1 N–H and O–H groups in total. The summed E-state index contributed by atoms with van der Waals surface area (Å²) < 4.78 is 4.75.